The molecule has 1 aliphatic heterocycles. The maximum absolute atomic E-state index is 12.2. The molecule has 1 saturated heterocycles. The zero-order valence-corrected chi connectivity index (χ0v) is 19.1. The Morgan fingerprint density at radius 1 is 0.857 bits per heavy atom. The standard InChI is InChI=1S/C23H43NO4/c1-7-16-27-20(25)14-12-10-8-9-11-13-15-21(26)28-19-17-22(2,3)24(6)23(4,5)18-19/h19H,7-18H2,1-6H3. The molecule has 0 N–H and O–H groups in total. The lowest BCUT2D eigenvalue weighted by Gasteiger charge is -2.53. The van der Waals surface area contributed by atoms with Crippen LogP contribution >= 0.6 is 0 Å². The van der Waals surface area contributed by atoms with Gasteiger partial charge < -0.3 is 9.47 Å². The van der Waals surface area contributed by atoms with Crippen molar-refractivity contribution in [1.82, 2.24) is 4.90 Å². The number of hydrogen-bond donors (Lipinski definition) is 0. The summed E-state index contributed by atoms with van der Waals surface area (Å²) in [5.41, 5.74) is 0.0747. The Bertz CT molecular complexity index is 469. The molecular formula is C23H43NO4. The topological polar surface area (TPSA) is 55.8 Å². The molecule has 0 amide bonds. The first-order chi connectivity index (χ1) is 13.1. The van der Waals surface area contributed by atoms with Gasteiger partial charge in [0.05, 0.1) is 6.61 Å². The van der Waals surface area contributed by atoms with E-state index in [0.717, 1.165) is 57.8 Å². The van der Waals surface area contributed by atoms with Crippen LogP contribution in [0.25, 0.3) is 0 Å². The van der Waals surface area contributed by atoms with E-state index < -0.39 is 0 Å². The van der Waals surface area contributed by atoms with Gasteiger partial charge in [0, 0.05) is 36.8 Å². The van der Waals surface area contributed by atoms with Gasteiger partial charge in [0.15, 0.2) is 0 Å². The van der Waals surface area contributed by atoms with Crippen LogP contribution in [0.4, 0.5) is 0 Å². The van der Waals surface area contributed by atoms with Crippen LogP contribution in [0, 0.1) is 0 Å². The predicted octanol–water partition coefficient (Wildman–Crippen LogP) is 5.26. The first-order valence-corrected chi connectivity index (χ1v) is 11.2. The van der Waals surface area contributed by atoms with Crippen LogP contribution < -0.4 is 0 Å². The number of rotatable bonds is 12. The second kappa shape index (κ2) is 11.8. The first kappa shape index (κ1) is 24.9. The number of carbonyl (C=O) groups excluding carboxylic acids is 2. The van der Waals surface area contributed by atoms with Crippen LogP contribution in [0.5, 0.6) is 0 Å². The van der Waals surface area contributed by atoms with Crippen LogP contribution in [0.1, 0.15) is 105 Å². The molecule has 0 aliphatic carbocycles. The van der Waals surface area contributed by atoms with Gasteiger partial charge in [-0.3, -0.25) is 14.5 Å². The normalized spacial score (nSPS) is 19.4. The molecule has 164 valence electrons. The molecular weight excluding hydrogens is 354 g/mol. The summed E-state index contributed by atoms with van der Waals surface area (Å²) in [7, 11) is 2.16. The average Bonchev–Trinajstić information content (AvgIpc) is 2.59. The third-order valence-corrected chi connectivity index (χ3v) is 6.05. The molecule has 1 fully saturated rings. The number of unbranched alkanes of at least 4 members (excludes halogenated alkanes) is 5. The molecule has 5 nitrogen and oxygen atoms in total. The Kier molecular flexibility index (Phi) is 10.5. The van der Waals surface area contributed by atoms with Gasteiger partial charge in [-0.2, -0.15) is 0 Å². The van der Waals surface area contributed by atoms with E-state index in [0.29, 0.717) is 19.4 Å². The fourth-order valence-corrected chi connectivity index (χ4v) is 4.14. The van der Waals surface area contributed by atoms with Crippen molar-refractivity contribution in [3.05, 3.63) is 0 Å². The molecule has 0 aromatic heterocycles. The Morgan fingerprint density at radius 3 is 1.82 bits per heavy atom. The molecule has 0 aromatic rings. The third kappa shape index (κ3) is 8.93. The van der Waals surface area contributed by atoms with Crippen LogP contribution in [-0.2, 0) is 19.1 Å². The Hall–Kier alpha value is -1.10. The molecule has 0 radical (unpaired) electrons. The second-order valence-corrected chi connectivity index (χ2v) is 9.55. The summed E-state index contributed by atoms with van der Waals surface area (Å²) in [5.74, 6) is -0.135. The van der Waals surface area contributed by atoms with Crippen molar-refractivity contribution in [2.45, 2.75) is 122 Å². The summed E-state index contributed by atoms with van der Waals surface area (Å²) in [5, 5.41) is 0. The zero-order chi connectivity index (χ0) is 21.2. The van der Waals surface area contributed by atoms with Crippen molar-refractivity contribution in [3.8, 4) is 0 Å². The summed E-state index contributed by atoms with van der Waals surface area (Å²) in [4.78, 5) is 26.0. The van der Waals surface area contributed by atoms with Crippen LogP contribution in [0.15, 0.2) is 0 Å². The monoisotopic (exact) mass is 397 g/mol. The number of likely N-dealkylation sites (tertiary alicyclic amines) is 1. The van der Waals surface area contributed by atoms with Gasteiger partial charge in [0.1, 0.15) is 6.10 Å². The van der Waals surface area contributed by atoms with Crippen LogP contribution in [0.3, 0.4) is 0 Å². The highest BCUT2D eigenvalue weighted by molar-refractivity contribution is 5.69. The third-order valence-electron chi connectivity index (χ3n) is 6.05. The predicted molar refractivity (Wildman–Crippen MR) is 113 cm³/mol. The minimum atomic E-state index is -0.0788. The molecule has 0 aromatic carbocycles. The van der Waals surface area contributed by atoms with Gasteiger partial charge in [0.2, 0.25) is 0 Å². The molecule has 1 rings (SSSR count). The van der Waals surface area contributed by atoms with Gasteiger partial charge in [-0.1, -0.05) is 32.6 Å². The number of nitrogens with zero attached hydrogens (tertiary/aromatic N) is 1. The minimum absolute atomic E-state index is 0.0150. The fraction of sp³-hybridized carbons (Fsp3) is 0.913. The molecule has 0 atom stereocenters. The highest BCUT2D eigenvalue weighted by Crippen LogP contribution is 2.38. The summed E-state index contributed by atoms with van der Waals surface area (Å²) in [6.45, 7) is 11.4. The van der Waals surface area contributed by atoms with Gasteiger partial charge in [-0.05, 0) is 54.0 Å². The number of esters is 2. The Labute approximate surface area is 172 Å². The smallest absolute Gasteiger partial charge is 0.306 e. The Morgan fingerprint density at radius 2 is 1.32 bits per heavy atom. The maximum atomic E-state index is 12.2. The average molecular weight is 398 g/mol. The summed E-state index contributed by atoms with van der Waals surface area (Å²) >= 11 is 0. The molecule has 1 heterocycles. The highest BCUT2D eigenvalue weighted by Gasteiger charge is 2.44. The number of carbonyl (C=O) groups is 2. The number of ether oxygens (including phenoxy) is 2. The molecule has 28 heavy (non-hydrogen) atoms. The quantitative estimate of drug-likeness (QED) is 0.332. The number of hydrogen-bond acceptors (Lipinski definition) is 5. The van der Waals surface area contributed by atoms with E-state index in [1.54, 1.807) is 0 Å². The number of piperidine rings is 1. The summed E-state index contributed by atoms with van der Waals surface area (Å²) < 4.78 is 10.9. The zero-order valence-electron chi connectivity index (χ0n) is 19.1. The molecule has 5 heteroatoms. The van der Waals surface area contributed by atoms with Crippen molar-refractivity contribution in [3.63, 3.8) is 0 Å². The lowest BCUT2D eigenvalue weighted by molar-refractivity contribution is -0.159. The van der Waals surface area contributed by atoms with Crippen molar-refractivity contribution < 1.29 is 19.1 Å². The van der Waals surface area contributed by atoms with Crippen molar-refractivity contribution in [2.24, 2.45) is 0 Å². The van der Waals surface area contributed by atoms with E-state index in [4.69, 9.17) is 9.47 Å². The van der Waals surface area contributed by atoms with E-state index in [-0.39, 0.29) is 29.1 Å². The maximum Gasteiger partial charge on any atom is 0.306 e. The largest absolute Gasteiger partial charge is 0.466 e. The van der Waals surface area contributed by atoms with E-state index in [2.05, 4.69) is 39.6 Å². The van der Waals surface area contributed by atoms with Gasteiger partial charge in [-0.15, -0.1) is 0 Å². The SMILES string of the molecule is CCCOC(=O)CCCCCCCCC(=O)OC1CC(C)(C)N(C)C(C)(C)C1. The molecule has 1 aliphatic rings. The van der Waals surface area contributed by atoms with E-state index in [1.807, 2.05) is 6.92 Å². The van der Waals surface area contributed by atoms with Crippen molar-refractivity contribution >= 4 is 11.9 Å². The lowest BCUT2D eigenvalue weighted by Crippen LogP contribution is -2.60. The van der Waals surface area contributed by atoms with E-state index in [1.165, 1.54) is 0 Å². The van der Waals surface area contributed by atoms with Crippen molar-refractivity contribution in [2.75, 3.05) is 13.7 Å². The van der Waals surface area contributed by atoms with Crippen molar-refractivity contribution in [1.29, 1.82) is 0 Å². The van der Waals surface area contributed by atoms with Gasteiger partial charge >= 0.3 is 11.9 Å². The molecule has 0 bridgehead atoms. The summed E-state index contributed by atoms with van der Waals surface area (Å²) in [6.07, 6.45) is 9.78. The molecule has 0 unspecified atom stereocenters. The van der Waals surface area contributed by atoms with E-state index in [9.17, 15) is 9.59 Å². The Balaban J connectivity index is 2.11. The van der Waals surface area contributed by atoms with Gasteiger partial charge in [0.25, 0.3) is 0 Å². The van der Waals surface area contributed by atoms with E-state index >= 15 is 0 Å². The second-order valence-electron chi connectivity index (χ2n) is 9.55. The minimum Gasteiger partial charge on any atom is -0.466 e. The fourth-order valence-electron chi connectivity index (χ4n) is 4.14. The highest BCUT2D eigenvalue weighted by atomic mass is 16.5. The van der Waals surface area contributed by atoms with Crippen LogP contribution in [0.2, 0.25) is 0 Å². The summed E-state index contributed by atoms with van der Waals surface area (Å²) in [6, 6.07) is 0. The molecule has 0 spiro atoms. The molecule has 0 saturated carbocycles. The first-order valence-electron chi connectivity index (χ1n) is 11.2. The lowest BCUT2D eigenvalue weighted by atomic mass is 9.79. The van der Waals surface area contributed by atoms with Gasteiger partial charge in [-0.25, -0.2) is 0 Å². The van der Waals surface area contributed by atoms with Crippen LogP contribution in [-0.4, -0.2) is 47.7 Å².